The summed E-state index contributed by atoms with van der Waals surface area (Å²) in [5.41, 5.74) is 1.09. The average molecular weight is 463 g/mol. The molecule has 1 aliphatic heterocycles. The fourth-order valence-corrected chi connectivity index (χ4v) is 9.13. The van der Waals surface area contributed by atoms with Crippen LogP contribution >= 0.6 is 0 Å². The summed E-state index contributed by atoms with van der Waals surface area (Å²) < 4.78 is 18.4. The smallest absolute Gasteiger partial charge is 0.261 e. The van der Waals surface area contributed by atoms with Gasteiger partial charge < -0.3 is 19.0 Å². The number of hydrogen-bond acceptors (Lipinski definition) is 4. The fourth-order valence-electron chi connectivity index (χ4n) is 4.56. The zero-order chi connectivity index (χ0) is 23.3. The van der Waals surface area contributed by atoms with E-state index in [0.717, 1.165) is 5.56 Å². The highest BCUT2D eigenvalue weighted by Crippen LogP contribution is 2.38. The molecule has 1 saturated heterocycles. The van der Waals surface area contributed by atoms with Gasteiger partial charge in [0, 0.05) is 0 Å². The minimum Gasteiger partial charge on any atom is -0.405 e. The van der Waals surface area contributed by atoms with Crippen molar-refractivity contribution in [1.29, 1.82) is 0 Å². The lowest BCUT2D eigenvalue weighted by Gasteiger charge is -2.43. The first kappa shape index (κ1) is 23.9. The van der Waals surface area contributed by atoms with Gasteiger partial charge in [0.15, 0.2) is 0 Å². The zero-order valence-corrected chi connectivity index (χ0v) is 20.7. The van der Waals surface area contributed by atoms with Gasteiger partial charge in [-0.1, -0.05) is 112 Å². The molecule has 4 rings (SSSR count). The molecule has 0 spiro atoms. The summed E-state index contributed by atoms with van der Waals surface area (Å²) in [6, 6.07) is 31.1. The molecule has 1 fully saturated rings. The molecule has 0 bridgehead atoms. The Morgan fingerprint density at radius 2 is 1.36 bits per heavy atom. The van der Waals surface area contributed by atoms with Crippen molar-refractivity contribution in [3.8, 4) is 0 Å². The second kappa shape index (κ2) is 10.3. The number of aliphatic hydroxyl groups excluding tert-OH is 1. The quantitative estimate of drug-likeness (QED) is 0.367. The minimum absolute atomic E-state index is 0.0858. The molecule has 3 aromatic carbocycles. The van der Waals surface area contributed by atoms with Crippen molar-refractivity contribution in [1.82, 2.24) is 0 Å². The van der Waals surface area contributed by atoms with Crippen molar-refractivity contribution in [2.45, 2.75) is 50.7 Å². The highest BCUT2D eigenvalue weighted by Gasteiger charge is 2.53. The first-order valence-corrected chi connectivity index (χ1v) is 13.5. The predicted octanol–water partition coefficient (Wildman–Crippen LogP) is 3.91. The van der Waals surface area contributed by atoms with Crippen LogP contribution in [-0.2, 0) is 20.5 Å². The maximum Gasteiger partial charge on any atom is 0.261 e. The van der Waals surface area contributed by atoms with Crippen LogP contribution < -0.4 is 10.4 Å². The number of epoxide rings is 1. The van der Waals surface area contributed by atoms with Crippen LogP contribution in [0, 0.1) is 0 Å². The summed E-state index contributed by atoms with van der Waals surface area (Å²) in [5.74, 6) is 0. The summed E-state index contributed by atoms with van der Waals surface area (Å²) >= 11 is 0. The predicted molar refractivity (Wildman–Crippen MR) is 134 cm³/mol. The highest BCUT2D eigenvalue weighted by atomic mass is 28.4. The van der Waals surface area contributed by atoms with Gasteiger partial charge in [0.2, 0.25) is 0 Å². The lowest BCUT2D eigenvalue weighted by molar-refractivity contribution is 0.0147. The van der Waals surface area contributed by atoms with E-state index in [2.05, 4.69) is 69.3 Å². The highest BCUT2D eigenvalue weighted by molar-refractivity contribution is 6.99. The Morgan fingerprint density at radius 3 is 1.88 bits per heavy atom. The van der Waals surface area contributed by atoms with E-state index >= 15 is 0 Å². The van der Waals surface area contributed by atoms with Crippen LogP contribution in [0.25, 0.3) is 0 Å². The van der Waals surface area contributed by atoms with Gasteiger partial charge in [0.05, 0.1) is 19.8 Å². The normalized spacial score (nSPS) is 19.3. The van der Waals surface area contributed by atoms with E-state index < -0.39 is 14.4 Å². The summed E-state index contributed by atoms with van der Waals surface area (Å²) in [7, 11) is -2.60. The Kier molecular flexibility index (Phi) is 7.47. The van der Waals surface area contributed by atoms with E-state index in [1.165, 1.54) is 10.4 Å². The molecular weight excluding hydrogens is 428 g/mol. The lowest BCUT2D eigenvalue weighted by atomic mass is 10.2. The van der Waals surface area contributed by atoms with Crippen LogP contribution in [0.3, 0.4) is 0 Å². The van der Waals surface area contributed by atoms with E-state index in [-0.39, 0.29) is 23.9 Å². The Bertz CT molecular complexity index is 949. The van der Waals surface area contributed by atoms with Crippen molar-refractivity contribution in [2.75, 3.05) is 13.2 Å². The number of rotatable bonds is 10. The lowest BCUT2D eigenvalue weighted by Crippen LogP contribution is -2.66. The maximum atomic E-state index is 10.6. The minimum atomic E-state index is -2.60. The van der Waals surface area contributed by atoms with Gasteiger partial charge in [-0.15, -0.1) is 0 Å². The molecule has 0 radical (unpaired) electrons. The Morgan fingerprint density at radius 1 is 0.848 bits per heavy atom. The summed E-state index contributed by atoms with van der Waals surface area (Å²) in [4.78, 5) is 0. The molecule has 0 aromatic heterocycles. The van der Waals surface area contributed by atoms with Gasteiger partial charge in [-0.05, 0) is 21.0 Å². The molecule has 1 N–H and O–H groups in total. The molecule has 3 aromatic rings. The monoisotopic (exact) mass is 462 g/mol. The number of benzene rings is 3. The summed E-state index contributed by atoms with van der Waals surface area (Å²) in [6.07, 6.45) is -1.04. The van der Waals surface area contributed by atoms with E-state index in [9.17, 15) is 5.11 Å². The van der Waals surface area contributed by atoms with Gasteiger partial charge >= 0.3 is 0 Å². The van der Waals surface area contributed by atoms with E-state index in [1.807, 2.05) is 42.5 Å². The largest absolute Gasteiger partial charge is 0.405 e. The maximum absolute atomic E-state index is 10.6. The van der Waals surface area contributed by atoms with Crippen molar-refractivity contribution >= 4 is 18.7 Å². The van der Waals surface area contributed by atoms with Crippen LogP contribution in [0.15, 0.2) is 91.0 Å². The van der Waals surface area contributed by atoms with Crippen molar-refractivity contribution in [2.24, 2.45) is 0 Å². The fraction of sp³-hybridized carbons (Fsp3) is 0.357. The topological polar surface area (TPSA) is 51.2 Å². The third-order valence-electron chi connectivity index (χ3n) is 6.28. The molecule has 0 aliphatic carbocycles. The van der Waals surface area contributed by atoms with E-state index in [0.29, 0.717) is 13.2 Å². The number of aliphatic hydroxyl groups is 1. The Hall–Kier alpha value is -2.28. The van der Waals surface area contributed by atoms with Crippen LogP contribution in [0.1, 0.15) is 26.3 Å². The molecule has 4 nitrogen and oxygen atoms in total. The first-order chi connectivity index (χ1) is 15.9. The van der Waals surface area contributed by atoms with Gasteiger partial charge in [-0.3, -0.25) is 0 Å². The number of ether oxygens (including phenoxy) is 2. The molecule has 0 amide bonds. The summed E-state index contributed by atoms with van der Waals surface area (Å²) in [6.45, 7) is 7.96. The third-order valence-corrected chi connectivity index (χ3v) is 11.3. The molecule has 0 unspecified atom stereocenters. The third kappa shape index (κ3) is 5.45. The first-order valence-electron chi connectivity index (χ1n) is 11.6. The molecule has 3 atom stereocenters. The van der Waals surface area contributed by atoms with Gasteiger partial charge in [0.1, 0.15) is 18.3 Å². The van der Waals surface area contributed by atoms with Crippen LogP contribution in [-0.4, -0.2) is 44.9 Å². The standard InChI is InChI=1S/C28H34O4Si/c1-28(2,3)33(23-15-9-5-10-16-23,24-17-11-6-12-18-24)31-21-26-27(32-26)25(29)20-30-19-22-13-7-4-8-14-22/h4-18,25-27,29H,19-21H2,1-3H3/t25-,26-,27-/m0/s1. The molecule has 5 heteroatoms. The Balaban J connectivity index is 1.43. The van der Waals surface area contributed by atoms with E-state index in [4.69, 9.17) is 13.9 Å². The molecule has 174 valence electrons. The van der Waals surface area contributed by atoms with Crippen molar-refractivity contribution in [3.05, 3.63) is 96.6 Å². The molecule has 1 aliphatic rings. The average Bonchev–Trinajstić information content (AvgIpc) is 3.61. The van der Waals surface area contributed by atoms with Crippen LogP contribution in [0.5, 0.6) is 0 Å². The second-order valence-corrected chi connectivity index (χ2v) is 14.0. The Labute approximate surface area is 198 Å². The van der Waals surface area contributed by atoms with E-state index in [1.54, 1.807) is 0 Å². The number of hydrogen-bond donors (Lipinski definition) is 1. The van der Waals surface area contributed by atoms with Crippen LogP contribution in [0.4, 0.5) is 0 Å². The molecule has 33 heavy (non-hydrogen) atoms. The van der Waals surface area contributed by atoms with Crippen molar-refractivity contribution < 1.29 is 19.0 Å². The van der Waals surface area contributed by atoms with Crippen LogP contribution in [0.2, 0.25) is 5.04 Å². The van der Waals surface area contributed by atoms with Gasteiger partial charge in [-0.25, -0.2) is 0 Å². The SMILES string of the molecule is CC(C)(C)[Si](OC[C@@H]1O[C@H]1[C@@H](O)COCc1ccccc1)(c1ccccc1)c1ccccc1. The summed E-state index contributed by atoms with van der Waals surface area (Å²) in [5, 5.41) is 13.0. The zero-order valence-electron chi connectivity index (χ0n) is 19.7. The molecule has 0 saturated carbocycles. The second-order valence-electron chi connectivity index (χ2n) is 9.68. The van der Waals surface area contributed by atoms with Gasteiger partial charge in [0.25, 0.3) is 8.32 Å². The van der Waals surface area contributed by atoms with Crippen molar-refractivity contribution in [3.63, 3.8) is 0 Å². The molecular formula is C28H34O4Si. The van der Waals surface area contributed by atoms with Gasteiger partial charge in [-0.2, -0.15) is 0 Å². The molecule has 1 heterocycles.